The summed E-state index contributed by atoms with van der Waals surface area (Å²) in [6.45, 7) is 2.26. The third kappa shape index (κ3) is 35.2. The first-order valence-electron chi connectivity index (χ1n) is 20.0. The van der Waals surface area contributed by atoms with E-state index in [9.17, 15) is 24.2 Å². The van der Waals surface area contributed by atoms with E-state index >= 15 is 0 Å². The molecule has 0 aromatic heterocycles. The molecule has 0 saturated heterocycles. The number of hydrogen-bond donors (Lipinski definition) is 3. The number of phosphoric acid groups is 1. The Kier molecular flexibility index (Phi) is 34.6. The normalized spacial score (nSPS) is 14.0. The molecule has 3 unspecified atom stereocenters. The Morgan fingerprint density at radius 1 is 0.531 bits per heavy atom. The van der Waals surface area contributed by atoms with E-state index in [1.165, 1.54) is 116 Å². The molecular weight excluding hydrogens is 647 g/mol. The molecule has 0 saturated carbocycles. The quantitative estimate of drug-likeness (QED) is 0.0319. The minimum absolute atomic E-state index is 0.191. The third-order valence-corrected chi connectivity index (χ3v) is 9.71. The van der Waals surface area contributed by atoms with Crippen LogP contribution in [0.1, 0.15) is 194 Å². The number of ether oxygens (including phenoxy) is 2. The molecule has 0 fully saturated rings. The van der Waals surface area contributed by atoms with Crippen molar-refractivity contribution in [3.63, 3.8) is 0 Å². The van der Waals surface area contributed by atoms with Gasteiger partial charge in [0.25, 0.3) is 0 Å². The van der Waals surface area contributed by atoms with Gasteiger partial charge in [0.15, 0.2) is 6.10 Å². The minimum Gasteiger partial charge on any atom is -0.462 e. The van der Waals surface area contributed by atoms with E-state index in [0.29, 0.717) is 12.8 Å². The van der Waals surface area contributed by atoms with E-state index in [1.807, 2.05) is 0 Å². The fourth-order valence-electron chi connectivity index (χ4n) is 5.64. The van der Waals surface area contributed by atoms with Gasteiger partial charge in [-0.25, -0.2) is 4.57 Å². The zero-order valence-electron chi connectivity index (χ0n) is 31.4. The van der Waals surface area contributed by atoms with Crippen LogP contribution in [0.25, 0.3) is 0 Å². The number of carbonyl (C=O) groups excluding carboxylic acids is 2. The molecule has 0 aliphatic rings. The molecule has 10 nitrogen and oxygen atoms in total. The fraction of sp³-hybridized carbons (Fsp3) is 0.947. The summed E-state index contributed by atoms with van der Waals surface area (Å²) in [7, 11) is -4.59. The van der Waals surface area contributed by atoms with Crippen molar-refractivity contribution in [1.29, 1.82) is 0 Å². The maximum Gasteiger partial charge on any atom is 0.472 e. The van der Waals surface area contributed by atoms with Gasteiger partial charge in [0.1, 0.15) is 12.7 Å². The van der Waals surface area contributed by atoms with Crippen LogP contribution in [0.15, 0.2) is 0 Å². The molecule has 11 heteroatoms. The van der Waals surface area contributed by atoms with Crippen LogP contribution in [0.3, 0.4) is 0 Å². The monoisotopic (exact) mass is 723 g/mol. The van der Waals surface area contributed by atoms with Crippen LogP contribution in [0.2, 0.25) is 0 Å². The number of aliphatic hydroxyl groups is 2. The summed E-state index contributed by atoms with van der Waals surface area (Å²) < 4.78 is 32.3. The summed E-state index contributed by atoms with van der Waals surface area (Å²) in [5.74, 6) is -0.934. The zero-order chi connectivity index (χ0) is 36.3. The molecule has 3 N–H and O–H groups in total. The molecule has 0 aromatic rings. The molecule has 0 bridgehead atoms. The lowest BCUT2D eigenvalue weighted by Crippen LogP contribution is -2.29. The van der Waals surface area contributed by atoms with Crippen molar-refractivity contribution in [1.82, 2.24) is 0 Å². The van der Waals surface area contributed by atoms with E-state index < -0.39 is 51.8 Å². The summed E-state index contributed by atoms with van der Waals surface area (Å²) in [6, 6.07) is 0. The second-order valence-electron chi connectivity index (χ2n) is 13.7. The lowest BCUT2D eigenvalue weighted by Gasteiger charge is -2.20. The number of unbranched alkanes of at least 4 members (excludes halogenated alkanes) is 24. The Balaban J connectivity index is 3.98. The van der Waals surface area contributed by atoms with Gasteiger partial charge in [0.2, 0.25) is 0 Å². The first-order chi connectivity index (χ1) is 23.7. The van der Waals surface area contributed by atoms with E-state index in [2.05, 4.69) is 18.4 Å². The first kappa shape index (κ1) is 48.0. The highest BCUT2D eigenvalue weighted by Gasteiger charge is 2.27. The van der Waals surface area contributed by atoms with Crippen LogP contribution in [0, 0.1) is 0 Å². The fourth-order valence-corrected chi connectivity index (χ4v) is 6.43. The topological polar surface area (TPSA) is 149 Å². The molecule has 49 heavy (non-hydrogen) atoms. The lowest BCUT2D eigenvalue weighted by molar-refractivity contribution is -0.161. The van der Waals surface area contributed by atoms with Crippen molar-refractivity contribution in [2.24, 2.45) is 0 Å². The van der Waals surface area contributed by atoms with Gasteiger partial charge in [0.05, 0.1) is 19.8 Å². The highest BCUT2D eigenvalue weighted by atomic mass is 31.2. The van der Waals surface area contributed by atoms with E-state index in [4.69, 9.17) is 19.1 Å². The van der Waals surface area contributed by atoms with Crippen molar-refractivity contribution in [2.45, 2.75) is 206 Å². The van der Waals surface area contributed by atoms with Crippen molar-refractivity contribution in [3.8, 4) is 0 Å². The van der Waals surface area contributed by atoms with Gasteiger partial charge < -0.3 is 24.6 Å². The summed E-state index contributed by atoms with van der Waals surface area (Å²) in [6.07, 6.45) is 30.1. The Bertz CT molecular complexity index is 796. The Morgan fingerprint density at radius 2 is 0.878 bits per heavy atom. The molecule has 3 atom stereocenters. The molecule has 0 radical (unpaired) electrons. The van der Waals surface area contributed by atoms with Crippen molar-refractivity contribution in [2.75, 3.05) is 26.4 Å². The maximum absolute atomic E-state index is 12.5. The number of rotatable bonds is 38. The van der Waals surface area contributed by atoms with Crippen LogP contribution in [-0.2, 0) is 32.7 Å². The van der Waals surface area contributed by atoms with E-state index in [0.717, 1.165) is 38.5 Å². The summed E-state index contributed by atoms with van der Waals surface area (Å²) in [5.41, 5.74) is 0. The van der Waals surface area contributed by atoms with Crippen LogP contribution < -0.4 is 0 Å². The summed E-state index contributed by atoms with van der Waals surface area (Å²) >= 11 is 0. The number of carbonyl (C=O) groups is 2. The van der Waals surface area contributed by atoms with Crippen LogP contribution in [0.4, 0.5) is 0 Å². The van der Waals surface area contributed by atoms with Gasteiger partial charge in [-0.2, -0.15) is 0 Å². The maximum atomic E-state index is 12.5. The number of hydrogen-bond acceptors (Lipinski definition) is 9. The number of aliphatic hydroxyl groups excluding tert-OH is 2. The van der Waals surface area contributed by atoms with Crippen LogP contribution >= 0.6 is 7.82 Å². The number of esters is 2. The molecule has 0 aliphatic carbocycles. The van der Waals surface area contributed by atoms with E-state index in [-0.39, 0.29) is 19.4 Å². The Labute approximate surface area is 299 Å². The van der Waals surface area contributed by atoms with Crippen molar-refractivity contribution >= 4 is 19.8 Å². The smallest absolute Gasteiger partial charge is 0.462 e. The second kappa shape index (κ2) is 35.4. The highest BCUT2D eigenvalue weighted by Crippen LogP contribution is 2.43. The summed E-state index contributed by atoms with van der Waals surface area (Å²) in [4.78, 5) is 34.4. The average molecular weight is 723 g/mol. The zero-order valence-corrected chi connectivity index (χ0v) is 32.3. The minimum atomic E-state index is -4.59. The number of phosphoric ester groups is 1. The highest BCUT2D eigenvalue weighted by molar-refractivity contribution is 7.47. The molecule has 292 valence electrons. The lowest BCUT2D eigenvalue weighted by atomic mass is 10.0. The molecule has 0 spiro atoms. The van der Waals surface area contributed by atoms with Gasteiger partial charge in [0, 0.05) is 12.8 Å². The predicted octanol–water partition coefficient (Wildman–Crippen LogP) is 9.89. The average Bonchev–Trinajstić information content (AvgIpc) is 3.09. The largest absolute Gasteiger partial charge is 0.472 e. The SMILES string of the molecule is CCCCCCCCCCCCCCCCCCCCCCCCC(=O)OC(COC(=O)CCCCCC)COP(=O)(O)OCC(O)CO. The van der Waals surface area contributed by atoms with Gasteiger partial charge in [-0.3, -0.25) is 18.6 Å². The summed E-state index contributed by atoms with van der Waals surface area (Å²) in [5, 5.41) is 18.2. The molecular formula is C38H75O10P. The van der Waals surface area contributed by atoms with Gasteiger partial charge in [-0.15, -0.1) is 0 Å². The van der Waals surface area contributed by atoms with Crippen LogP contribution in [0.5, 0.6) is 0 Å². The second-order valence-corrected chi connectivity index (χ2v) is 15.1. The standard InChI is InChI=1S/C38H75O10P/c1-3-5-7-9-10-11-12-13-14-15-16-17-18-19-20-21-22-23-24-25-26-28-30-38(42)48-36(33-45-37(41)29-27-8-6-4-2)34-47-49(43,44)46-32-35(40)31-39/h35-36,39-40H,3-34H2,1-2H3,(H,43,44). The van der Waals surface area contributed by atoms with Gasteiger partial charge >= 0.3 is 19.8 Å². The van der Waals surface area contributed by atoms with Crippen molar-refractivity contribution in [3.05, 3.63) is 0 Å². The van der Waals surface area contributed by atoms with Crippen LogP contribution in [-0.4, -0.2) is 65.7 Å². The molecule has 0 aliphatic heterocycles. The van der Waals surface area contributed by atoms with Crippen molar-refractivity contribution < 1.29 is 47.8 Å². The Hall–Kier alpha value is -1.03. The molecule has 0 heterocycles. The molecule has 0 rings (SSSR count). The molecule has 0 aromatic carbocycles. The van der Waals surface area contributed by atoms with Gasteiger partial charge in [-0.05, 0) is 12.8 Å². The van der Waals surface area contributed by atoms with E-state index in [1.54, 1.807) is 0 Å². The predicted molar refractivity (Wildman–Crippen MR) is 196 cm³/mol. The first-order valence-corrected chi connectivity index (χ1v) is 21.5. The van der Waals surface area contributed by atoms with Gasteiger partial charge in [-0.1, -0.05) is 168 Å². The third-order valence-electron chi connectivity index (χ3n) is 8.76. The Morgan fingerprint density at radius 3 is 1.29 bits per heavy atom. The molecule has 0 amide bonds.